The van der Waals surface area contributed by atoms with Crippen molar-refractivity contribution in [2.75, 3.05) is 23.4 Å². The summed E-state index contributed by atoms with van der Waals surface area (Å²) in [5.41, 5.74) is 8.05. The smallest absolute Gasteiger partial charge is 0.259 e. The Morgan fingerprint density at radius 2 is 2.07 bits per heavy atom. The summed E-state index contributed by atoms with van der Waals surface area (Å²) < 4.78 is 25.3. The molecule has 1 aromatic carbocycles. The van der Waals surface area contributed by atoms with Gasteiger partial charge in [0.25, 0.3) is 5.91 Å². The van der Waals surface area contributed by atoms with Crippen molar-refractivity contribution < 1.29 is 13.2 Å². The number of carbonyl (C=O) groups excluding carboxylic acids is 1. The van der Waals surface area contributed by atoms with Crippen LogP contribution in [0.5, 0.6) is 0 Å². The van der Waals surface area contributed by atoms with Crippen LogP contribution >= 0.6 is 0 Å². The van der Waals surface area contributed by atoms with Crippen molar-refractivity contribution in [1.29, 1.82) is 0 Å². The first-order chi connectivity index (χ1) is 13.7. The third-order valence-corrected chi connectivity index (χ3v) is 6.89. The fraction of sp³-hybridized carbons (Fsp3) is 0.450. The van der Waals surface area contributed by atoms with Crippen LogP contribution in [0.1, 0.15) is 40.5 Å². The van der Waals surface area contributed by atoms with Crippen LogP contribution in [0.15, 0.2) is 23.3 Å². The van der Waals surface area contributed by atoms with Crippen molar-refractivity contribution in [2.45, 2.75) is 40.2 Å². The van der Waals surface area contributed by atoms with E-state index in [0.29, 0.717) is 6.42 Å². The minimum absolute atomic E-state index is 0.110. The van der Waals surface area contributed by atoms with E-state index in [1.54, 1.807) is 10.9 Å². The number of nitrogens with zero attached hydrogens (tertiary/aromatic N) is 3. The Morgan fingerprint density at radius 1 is 1.31 bits per heavy atom. The fourth-order valence-electron chi connectivity index (χ4n) is 3.58. The van der Waals surface area contributed by atoms with Crippen LogP contribution in [0.4, 0.5) is 5.69 Å². The molecule has 0 unspecified atom stereocenters. The van der Waals surface area contributed by atoms with Gasteiger partial charge in [-0.2, -0.15) is 10.2 Å². The lowest BCUT2D eigenvalue weighted by Gasteiger charge is -2.10. The van der Waals surface area contributed by atoms with Gasteiger partial charge in [0.05, 0.1) is 36.0 Å². The molecular formula is C20H27N5O3S. The molecule has 1 saturated heterocycles. The Bertz CT molecular complexity index is 1060. The lowest BCUT2D eigenvalue weighted by atomic mass is 10.1. The van der Waals surface area contributed by atoms with E-state index in [1.807, 2.05) is 39.8 Å². The zero-order chi connectivity index (χ0) is 21.2. The SMILES string of the molecule is Cc1ccc(NCC(=O)N/N=C\c2c(C)nn([C@@H]3CCS(=O)(=O)C3)c2C)c(C)c1. The van der Waals surface area contributed by atoms with Crippen LogP contribution in [0.3, 0.4) is 0 Å². The molecule has 0 radical (unpaired) electrons. The normalized spacial score (nSPS) is 18.3. The van der Waals surface area contributed by atoms with Crippen LogP contribution < -0.4 is 10.7 Å². The Morgan fingerprint density at radius 3 is 2.72 bits per heavy atom. The summed E-state index contributed by atoms with van der Waals surface area (Å²) in [5, 5.41) is 11.6. The second-order valence-electron chi connectivity index (χ2n) is 7.55. The van der Waals surface area contributed by atoms with E-state index in [0.717, 1.165) is 28.2 Å². The second-order valence-corrected chi connectivity index (χ2v) is 9.78. The molecule has 1 atom stereocenters. The number of carbonyl (C=O) groups is 1. The fourth-order valence-corrected chi connectivity index (χ4v) is 5.27. The molecule has 2 N–H and O–H groups in total. The molecule has 1 fully saturated rings. The van der Waals surface area contributed by atoms with Gasteiger partial charge < -0.3 is 5.32 Å². The molecule has 156 valence electrons. The van der Waals surface area contributed by atoms with Crippen molar-refractivity contribution in [3.63, 3.8) is 0 Å². The quantitative estimate of drug-likeness (QED) is 0.553. The molecule has 0 aliphatic carbocycles. The number of hydrazone groups is 1. The van der Waals surface area contributed by atoms with E-state index < -0.39 is 9.84 Å². The molecular weight excluding hydrogens is 390 g/mol. The Kier molecular flexibility index (Phi) is 6.07. The lowest BCUT2D eigenvalue weighted by molar-refractivity contribution is -0.119. The van der Waals surface area contributed by atoms with Crippen LogP contribution in [0, 0.1) is 27.7 Å². The van der Waals surface area contributed by atoms with Gasteiger partial charge in [-0.15, -0.1) is 0 Å². The first-order valence-electron chi connectivity index (χ1n) is 9.55. The van der Waals surface area contributed by atoms with Gasteiger partial charge >= 0.3 is 0 Å². The van der Waals surface area contributed by atoms with Gasteiger partial charge in [0.15, 0.2) is 9.84 Å². The van der Waals surface area contributed by atoms with Gasteiger partial charge in [0.2, 0.25) is 0 Å². The highest BCUT2D eigenvalue weighted by molar-refractivity contribution is 7.91. The lowest BCUT2D eigenvalue weighted by Crippen LogP contribution is -2.26. The molecule has 1 amide bonds. The van der Waals surface area contributed by atoms with Crippen molar-refractivity contribution >= 4 is 27.6 Å². The van der Waals surface area contributed by atoms with Crippen LogP contribution in [-0.4, -0.2) is 48.4 Å². The molecule has 8 nitrogen and oxygen atoms in total. The topological polar surface area (TPSA) is 105 Å². The van der Waals surface area contributed by atoms with E-state index in [-0.39, 0.29) is 30.0 Å². The van der Waals surface area contributed by atoms with Crippen molar-refractivity contribution in [3.05, 3.63) is 46.3 Å². The van der Waals surface area contributed by atoms with E-state index in [4.69, 9.17) is 0 Å². The number of rotatable bonds is 6. The van der Waals surface area contributed by atoms with E-state index in [1.165, 1.54) is 5.56 Å². The predicted octanol–water partition coefficient (Wildman–Crippen LogP) is 2.04. The molecule has 1 aliphatic rings. The summed E-state index contributed by atoms with van der Waals surface area (Å²) in [6.45, 7) is 7.85. The Balaban J connectivity index is 1.59. The van der Waals surface area contributed by atoms with Gasteiger partial charge in [-0.05, 0) is 45.7 Å². The number of nitrogens with one attached hydrogen (secondary N) is 2. The molecule has 0 bridgehead atoms. The summed E-state index contributed by atoms with van der Waals surface area (Å²) >= 11 is 0. The molecule has 0 saturated carbocycles. The third-order valence-electron chi connectivity index (χ3n) is 5.14. The van der Waals surface area contributed by atoms with E-state index >= 15 is 0 Å². The largest absolute Gasteiger partial charge is 0.376 e. The number of hydrogen-bond acceptors (Lipinski definition) is 6. The predicted molar refractivity (Wildman–Crippen MR) is 114 cm³/mol. The van der Waals surface area contributed by atoms with Crippen LogP contribution in [0.2, 0.25) is 0 Å². The average Bonchev–Trinajstić information content (AvgIpc) is 3.14. The van der Waals surface area contributed by atoms with Gasteiger partial charge in [-0.3, -0.25) is 9.48 Å². The highest BCUT2D eigenvalue weighted by atomic mass is 32.2. The van der Waals surface area contributed by atoms with Gasteiger partial charge in [0, 0.05) is 16.9 Å². The number of anilines is 1. The summed E-state index contributed by atoms with van der Waals surface area (Å²) in [4.78, 5) is 12.1. The molecule has 29 heavy (non-hydrogen) atoms. The van der Waals surface area contributed by atoms with Crippen molar-refractivity contribution in [3.8, 4) is 0 Å². The van der Waals surface area contributed by atoms with Crippen molar-refractivity contribution in [2.24, 2.45) is 5.10 Å². The van der Waals surface area contributed by atoms with Crippen molar-refractivity contribution in [1.82, 2.24) is 15.2 Å². The molecule has 3 rings (SSSR count). The number of aromatic nitrogens is 2. The summed E-state index contributed by atoms with van der Waals surface area (Å²) in [7, 11) is -2.99. The van der Waals surface area contributed by atoms with Gasteiger partial charge in [-0.25, -0.2) is 13.8 Å². The maximum absolute atomic E-state index is 12.1. The van der Waals surface area contributed by atoms with Gasteiger partial charge in [-0.1, -0.05) is 17.7 Å². The monoisotopic (exact) mass is 417 g/mol. The van der Waals surface area contributed by atoms with E-state index in [9.17, 15) is 13.2 Å². The molecule has 2 aromatic rings. The summed E-state index contributed by atoms with van der Waals surface area (Å²) in [5.74, 6) is 0.0563. The molecule has 1 aliphatic heterocycles. The number of sulfone groups is 1. The zero-order valence-electron chi connectivity index (χ0n) is 17.2. The Labute approximate surface area is 171 Å². The number of amides is 1. The van der Waals surface area contributed by atoms with E-state index in [2.05, 4.69) is 27.0 Å². The van der Waals surface area contributed by atoms with Gasteiger partial charge in [0.1, 0.15) is 0 Å². The molecule has 0 spiro atoms. The molecule has 2 heterocycles. The third kappa shape index (κ3) is 5.03. The van der Waals surface area contributed by atoms with Crippen LogP contribution in [-0.2, 0) is 14.6 Å². The van der Waals surface area contributed by atoms with Crippen LogP contribution in [0.25, 0.3) is 0 Å². The average molecular weight is 418 g/mol. The highest BCUT2D eigenvalue weighted by Crippen LogP contribution is 2.26. The summed E-state index contributed by atoms with van der Waals surface area (Å²) in [6, 6.07) is 5.85. The summed E-state index contributed by atoms with van der Waals surface area (Å²) in [6.07, 6.45) is 2.13. The number of aryl methyl sites for hydroxylation is 3. The maximum atomic E-state index is 12.1. The maximum Gasteiger partial charge on any atom is 0.259 e. The molecule has 1 aromatic heterocycles. The molecule has 9 heteroatoms. The number of benzene rings is 1. The first kappa shape index (κ1) is 21.0. The highest BCUT2D eigenvalue weighted by Gasteiger charge is 2.31. The minimum atomic E-state index is -2.99. The number of hydrogen-bond donors (Lipinski definition) is 2. The Hall–Kier alpha value is -2.68. The second kappa shape index (κ2) is 8.36. The minimum Gasteiger partial charge on any atom is -0.376 e. The zero-order valence-corrected chi connectivity index (χ0v) is 18.0. The standard InChI is InChI=1S/C20H27N5O3S/c1-13-5-6-19(14(2)9-13)21-11-20(26)23-22-10-18-15(3)24-25(16(18)4)17-7-8-29(27,28)12-17/h5-6,9-10,17,21H,7-8,11-12H2,1-4H3,(H,23,26)/b22-10-/t17-/m1/s1. The first-order valence-corrected chi connectivity index (χ1v) is 11.4.